The van der Waals surface area contributed by atoms with Gasteiger partial charge in [0.1, 0.15) is 0 Å². The van der Waals surface area contributed by atoms with Gasteiger partial charge < -0.3 is 11.5 Å². The summed E-state index contributed by atoms with van der Waals surface area (Å²) < 4.78 is 34.6. The van der Waals surface area contributed by atoms with Crippen molar-refractivity contribution in [3.8, 4) is 0 Å². The zero-order chi connectivity index (χ0) is 7.65. The molecule has 0 unspecified atom stereocenters. The second-order valence-electron chi connectivity index (χ2n) is 1.91. The third-order valence-corrected chi connectivity index (χ3v) is 1.09. The van der Waals surface area contributed by atoms with Gasteiger partial charge in [-0.1, -0.05) is 6.92 Å². The fourth-order valence-corrected chi connectivity index (χ4v) is 0.218. The molecule has 0 aromatic heterocycles. The van der Waals surface area contributed by atoms with E-state index in [0.29, 0.717) is 0 Å². The predicted molar refractivity (Wildman–Crippen MR) is 27.4 cm³/mol. The lowest BCUT2D eigenvalue weighted by Gasteiger charge is -2.18. The second-order valence-corrected chi connectivity index (χ2v) is 1.91. The third-order valence-electron chi connectivity index (χ3n) is 1.09. The summed E-state index contributed by atoms with van der Waals surface area (Å²) in [4.78, 5) is 0. The Bertz CT molecular complexity index is 88.3. The Morgan fingerprint density at radius 3 is 1.56 bits per heavy atom. The Balaban J connectivity index is 3.88. The van der Waals surface area contributed by atoms with E-state index < -0.39 is 18.3 Å². The second kappa shape index (κ2) is 2.53. The van der Waals surface area contributed by atoms with Crippen LogP contribution in [0.15, 0.2) is 0 Å². The van der Waals surface area contributed by atoms with Crippen molar-refractivity contribution in [2.45, 2.75) is 19.3 Å². The smallest absolute Gasteiger partial charge is 0.316 e. The molecule has 0 bridgehead atoms. The van der Waals surface area contributed by atoms with Gasteiger partial charge in [-0.3, -0.25) is 0 Å². The van der Waals surface area contributed by atoms with Crippen LogP contribution in [0.4, 0.5) is 13.2 Å². The SMILES string of the molecule is C[C@H](C(N)N)C(F)(F)F. The van der Waals surface area contributed by atoms with E-state index in [4.69, 9.17) is 11.5 Å². The fourth-order valence-electron chi connectivity index (χ4n) is 0.218. The van der Waals surface area contributed by atoms with Crippen molar-refractivity contribution < 1.29 is 13.2 Å². The molecular weight excluding hydrogens is 133 g/mol. The minimum Gasteiger partial charge on any atom is -0.316 e. The molecule has 4 N–H and O–H groups in total. The molecule has 0 aliphatic carbocycles. The van der Waals surface area contributed by atoms with Gasteiger partial charge >= 0.3 is 6.18 Å². The molecular formula is C4H9F3N2. The average Bonchev–Trinajstić information content (AvgIpc) is 1.62. The van der Waals surface area contributed by atoms with Gasteiger partial charge in [0.05, 0.1) is 12.1 Å². The molecule has 0 aromatic rings. The molecule has 2 nitrogen and oxygen atoms in total. The number of halogens is 3. The van der Waals surface area contributed by atoms with Crippen LogP contribution >= 0.6 is 0 Å². The molecule has 9 heavy (non-hydrogen) atoms. The zero-order valence-electron chi connectivity index (χ0n) is 4.94. The largest absolute Gasteiger partial charge is 0.394 e. The summed E-state index contributed by atoms with van der Waals surface area (Å²) in [7, 11) is 0. The van der Waals surface area contributed by atoms with E-state index >= 15 is 0 Å². The van der Waals surface area contributed by atoms with Crippen LogP contribution in [-0.4, -0.2) is 12.3 Å². The van der Waals surface area contributed by atoms with Crippen molar-refractivity contribution in [2.24, 2.45) is 17.4 Å². The Kier molecular flexibility index (Phi) is 2.45. The van der Waals surface area contributed by atoms with Crippen molar-refractivity contribution >= 4 is 0 Å². The van der Waals surface area contributed by atoms with Gasteiger partial charge in [-0.25, -0.2) is 0 Å². The van der Waals surface area contributed by atoms with E-state index in [-0.39, 0.29) is 0 Å². The summed E-state index contributed by atoms with van der Waals surface area (Å²) >= 11 is 0. The normalized spacial score (nSPS) is 16.3. The highest BCUT2D eigenvalue weighted by atomic mass is 19.4. The van der Waals surface area contributed by atoms with Crippen LogP contribution in [0.25, 0.3) is 0 Å². The fraction of sp³-hybridized carbons (Fsp3) is 1.00. The highest BCUT2D eigenvalue weighted by Crippen LogP contribution is 2.25. The van der Waals surface area contributed by atoms with Gasteiger partial charge in [0.2, 0.25) is 0 Å². The predicted octanol–water partition coefficient (Wildman–Crippen LogP) is 0.428. The first-order chi connectivity index (χ1) is 3.85. The lowest BCUT2D eigenvalue weighted by molar-refractivity contribution is -0.174. The molecule has 0 aliphatic heterocycles. The molecule has 0 saturated heterocycles. The van der Waals surface area contributed by atoms with Crippen molar-refractivity contribution in [1.29, 1.82) is 0 Å². The molecule has 0 radical (unpaired) electrons. The minimum absolute atomic E-state index is 0.949. The molecule has 0 aromatic carbocycles. The van der Waals surface area contributed by atoms with Crippen LogP contribution in [0.2, 0.25) is 0 Å². The molecule has 0 aliphatic rings. The topological polar surface area (TPSA) is 52.0 Å². The van der Waals surface area contributed by atoms with Crippen LogP contribution in [0.3, 0.4) is 0 Å². The first-order valence-corrected chi connectivity index (χ1v) is 2.43. The summed E-state index contributed by atoms with van der Waals surface area (Å²) in [6.45, 7) is 0.949. The van der Waals surface area contributed by atoms with Crippen LogP contribution in [0.5, 0.6) is 0 Å². The molecule has 5 heteroatoms. The summed E-state index contributed by atoms with van der Waals surface area (Å²) in [6, 6.07) is 0. The van der Waals surface area contributed by atoms with E-state index in [9.17, 15) is 13.2 Å². The summed E-state index contributed by atoms with van der Waals surface area (Å²) in [5, 5.41) is 0. The summed E-state index contributed by atoms with van der Waals surface area (Å²) in [6.07, 6.45) is -5.58. The van der Waals surface area contributed by atoms with Gasteiger partial charge in [0.25, 0.3) is 0 Å². The standard InChI is InChI=1S/C4H9F3N2/c1-2(3(8)9)4(5,6)7/h2-3H,8-9H2,1H3/t2-/m1/s1. The van der Waals surface area contributed by atoms with Gasteiger partial charge in [-0.05, 0) is 0 Å². The lowest BCUT2D eigenvalue weighted by Crippen LogP contribution is -2.44. The van der Waals surface area contributed by atoms with Gasteiger partial charge in [-0.2, -0.15) is 13.2 Å². The molecule has 1 atom stereocenters. The van der Waals surface area contributed by atoms with Crippen LogP contribution in [0, 0.1) is 5.92 Å². The highest BCUT2D eigenvalue weighted by molar-refractivity contribution is 4.69. The van der Waals surface area contributed by atoms with Crippen LogP contribution in [-0.2, 0) is 0 Å². The molecule has 0 rings (SSSR count). The van der Waals surface area contributed by atoms with E-state index in [1.165, 1.54) is 0 Å². The van der Waals surface area contributed by atoms with Crippen molar-refractivity contribution in [3.63, 3.8) is 0 Å². The quantitative estimate of drug-likeness (QED) is 0.521. The highest BCUT2D eigenvalue weighted by Gasteiger charge is 2.38. The molecule has 56 valence electrons. The molecule has 0 heterocycles. The van der Waals surface area contributed by atoms with Crippen LogP contribution < -0.4 is 11.5 Å². The van der Waals surface area contributed by atoms with Crippen molar-refractivity contribution in [2.75, 3.05) is 0 Å². The Hall–Kier alpha value is -0.290. The number of alkyl halides is 3. The Labute approximate surface area is 51.0 Å². The maximum atomic E-state index is 11.5. The van der Waals surface area contributed by atoms with E-state index in [0.717, 1.165) is 6.92 Å². The van der Waals surface area contributed by atoms with Crippen molar-refractivity contribution in [3.05, 3.63) is 0 Å². The van der Waals surface area contributed by atoms with E-state index in [1.807, 2.05) is 0 Å². The van der Waals surface area contributed by atoms with Gasteiger partial charge in [0.15, 0.2) is 0 Å². The monoisotopic (exact) mass is 142 g/mol. The Morgan fingerprint density at radius 1 is 1.22 bits per heavy atom. The maximum Gasteiger partial charge on any atom is 0.394 e. The zero-order valence-corrected chi connectivity index (χ0v) is 4.94. The van der Waals surface area contributed by atoms with E-state index in [1.54, 1.807) is 0 Å². The summed E-state index contributed by atoms with van der Waals surface area (Å²) in [5.74, 6) is -1.63. The molecule has 0 fully saturated rings. The van der Waals surface area contributed by atoms with Crippen LogP contribution in [0.1, 0.15) is 6.92 Å². The number of rotatable bonds is 1. The molecule has 0 saturated carbocycles. The first-order valence-electron chi connectivity index (χ1n) is 2.43. The number of hydrogen-bond acceptors (Lipinski definition) is 2. The maximum absolute atomic E-state index is 11.5. The minimum atomic E-state index is -4.27. The lowest BCUT2D eigenvalue weighted by atomic mass is 10.1. The van der Waals surface area contributed by atoms with Gasteiger partial charge in [-0.15, -0.1) is 0 Å². The van der Waals surface area contributed by atoms with Crippen molar-refractivity contribution in [1.82, 2.24) is 0 Å². The number of nitrogens with two attached hydrogens (primary N) is 2. The average molecular weight is 142 g/mol. The Morgan fingerprint density at radius 2 is 1.56 bits per heavy atom. The summed E-state index contributed by atoms with van der Waals surface area (Å²) in [5.41, 5.74) is 9.56. The first kappa shape index (κ1) is 8.71. The third kappa shape index (κ3) is 2.67. The number of hydrogen-bond donors (Lipinski definition) is 2. The van der Waals surface area contributed by atoms with E-state index in [2.05, 4.69) is 0 Å². The molecule has 0 amide bonds. The van der Waals surface area contributed by atoms with Gasteiger partial charge in [0, 0.05) is 0 Å². The molecule has 0 spiro atoms.